The zero-order chi connectivity index (χ0) is 12.6. The third kappa shape index (κ3) is 2.04. The van der Waals surface area contributed by atoms with E-state index in [0.717, 1.165) is 19.3 Å². The van der Waals surface area contributed by atoms with E-state index < -0.39 is 12.0 Å². The Morgan fingerprint density at radius 1 is 1.47 bits per heavy atom. The lowest BCUT2D eigenvalue weighted by Gasteiger charge is -2.26. The van der Waals surface area contributed by atoms with Gasteiger partial charge in [0.1, 0.15) is 6.04 Å². The fraction of sp³-hybridized carbons (Fsp3) is 0.833. The van der Waals surface area contributed by atoms with E-state index in [4.69, 9.17) is 5.73 Å². The van der Waals surface area contributed by atoms with Crippen molar-refractivity contribution in [1.29, 1.82) is 0 Å². The van der Waals surface area contributed by atoms with Gasteiger partial charge >= 0.3 is 5.97 Å². The van der Waals surface area contributed by atoms with E-state index >= 15 is 0 Å². The molecular weight excluding hydrogens is 220 g/mol. The van der Waals surface area contributed by atoms with Crippen molar-refractivity contribution in [2.45, 2.75) is 32.2 Å². The normalized spacial score (nSPS) is 33.5. The van der Waals surface area contributed by atoms with E-state index in [1.54, 1.807) is 11.8 Å². The number of carbonyl (C=O) groups excluding carboxylic acids is 1. The lowest BCUT2D eigenvalue weighted by molar-refractivity contribution is -0.151. The predicted octanol–water partition coefficient (Wildman–Crippen LogP) is 0.293. The van der Waals surface area contributed by atoms with Crippen molar-refractivity contribution in [2.24, 2.45) is 23.5 Å². The number of nitrogens with zero attached hydrogens (tertiary/aromatic N) is 1. The Morgan fingerprint density at radius 2 is 2.18 bits per heavy atom. The van der Waals surface area contributed by atoms with Crippen LogP contribution in [0.4, 0.5) is 0 Å². The summed E-state index contributed by atoms with van der Waals surface area (Å²) in [6.07, 6.45) is 3.07. The van der Waals surface area contributed by atoms with E-state index in [-0.39, 0.29) is 24.3 Å². The average Bonchev–Trinajstić information content (AvgIpc) is 2.85. The first-order valence-corrected chi connectivity index (χ1v) is 6.29. The summed E-state index contributed by atoms with van der Waals surface area (Å²) in [5.74, 6) is -0.714. The highest BCUT2D eigenvalue weighted by atomic mass is 16.4. The molecule has 5 heteroatoms. The summed E-state index contributed by atoms with van der Waals surface area (Å²) >= 11 is 0. The monoisotopic (exact) mass is 240 g/mol. The van der Waals surface area contributed by atoms with Crippen LogP contribution in [0.1, 0.15) is 26.2 Å². The molecule has 2 aliphatic rings. The fourth-order valence-corrected chi connectivity index (χ4v) is 3.23. The summed E-state index contributed by atoms with van der Waals surface area (Å²) in [7, 11) is 0. The first-order chi connectivity index (χ1) is 8.06. The molecule has 1 saturated heterocycles. The van der Waals surface area contributed by atoms with Gasteiger partial charge in [0.15, 0.2) is 0 Å². The molecule has 4 unspecified atom stereocenters. The molecule has 0 aromatic heterocycles. The summed E-state index contributed by atoms with van der Waals surface area (Å²) in [5.41, 5.74) is 5.48. The molecule has 0 bridgehead atoms. The first-order valence-electron chi connectivity index (χ1n) is 6.29. The number of hydrogen-bond acceptors (Lipinski definition) is 3. The zero-order valence-electron chi connectivity index (χ0n) is 10.1. The second kappa shape index (κ2) is 4.64. The topological polar surface area (TPSA) is 83.6 Å². The van der Waals surface area contributed by atoms with Crippen LogP contribution in [0.15, 0.2) is 0 Å². The van der Waals surface area contributed by atoms with Crippen molar-refractivity contribution >= 4 is 11.9 Å². The minimum absolute atomic E-state index is 0.103. The minimum Gasteiger partial charge on any atom is -0.480 e. The van der Waals surface area contributed by atoms with Gasteiger partial charge in [-0.15, -0.1) is 0 Å². The van der Waals surface area contributed by atoms with Gasteiger partial charge in [0, 0.05) is 19.0 Å². The number of amides is 1. The number of nitrogens with two attached hydrogens (primary N) is 1. The predicted molar refractivity (Wildman–Crippen MR) is 62.2 cm³/mol. The van der Waals surface area contributed by atoms with Crippen LogP contribution >= 0.6 is 0 Å². The number of hydrogen-bond donors (Lipinski definition) is 2. The van der Waals surface area contributed by atoms with Gasteiger partial charge < -0.3 is 15.7 Å². The second-order valence-corrected chi connectivity index (χ2v) is 5.27. The van der Waals surface area contributed by atoms with E-state index in [2.05, 4.69) is 0 Å². The van der Waals surface area contributed by atoms with Gasteiger partial charge in [0.05, 0.1) is 0 Å². The molecule has 0 aromatic rings. The summed E-state index contributed by atoms with van der Waals surface area (Å²) in [4.78, 5) is 25.0. The van der Waals surface area contributed by atoms with Crippen LogP contribution < -0.4 is 5.73 Å². The molecule has 2 fully saturated rings. The summed E-state index contributed by atoms with van der Waals surface area (Å²) < 4.78 is 0. The van der Waals surface area contributed by atoms with Crippen LogP contribution in [-0.2, 0) is 9.59 Å². The molecule has 4 atom stereocenters. The number of likely N-dealkylation sites (tertiary alicyclic amines) is 1. The lowest BCUT2D eigenvalue weighted by Crippen LogP contribution is -2.46. The zero-order valence-corrected chi connectivity index (χ0v) is 10.1. The van der Waals surface area contributed by atoms with Crippen LogP contribution in [0.5, 0.6) is 0 Å². The highest BCUT2D eigenvalue weighted by Gasteiger charge is 2.49. The van der Waals surface area contributed by atoms with Crippen molar-refractivity contribution < 1.29 is 14.7 Å². The Balaban J connectivity index is 2.17. The molecule has 1 amide bonds. The maximum absolute atomic E-state index is 12.1. The Bertz CT molecular complexity index is 332. The third-order valence-electron chi connectivity index (χ3n) is 4.20. The maximum Gasteiger partial charge on any atom is 0.326 e. The van der Waals surface area contributed by atoms with Gasteiger partial charge in [-0.2, -0.15) is 0 Å². The van der Waals surface area contributed by atoms with Crippen LogP contribution in [0.2, 0.25) is 0 Å². The first kappa shape index (κ1) is 12.4. The van der Waals surface area contributed by atoms with Gasteiger partial charge in [0.25, 0.3) is 0 Å². The highest BCUT2D eigenvalue weighted by Crippen LogP contribution is 2.42. The SMILES string of the molecule is CC(CN)C(=O)N1CC2CCCC2C1C(=O)O. The number of aliphatic carboxylic acids is 1. The van der Waals surface area contributed by atoms with Crippen LogP contribution in [0, 0.1) is 17.8 Å². The number of carboxylic acid groups (broad SMARTS) is 1. The molecule has 0 aromatic carbocycles. The van der Waals surface area contributed by atoms with Gasteiger partial charge in [-0.3, -0.25) is 4.79 Å². The molecule has 0 radical (unpaired) electrons. The quantitative estimate of drug-likeness (QED) is 0.742. The fourth-order valence-electron chi connectivity index (χ4n) is 3.23. The Hall–Kier alpha value is -1.10. The van der Waals surface area contributed by atoms with Crippen LogP contribution in [0.3, 0.4) is 0 Å². The van der Waals surface area contributed by atoms with Gasteiger partial charge in [0.2, 0.25) is 5.91 Å². The van der Waals surface area contributed by atoms with Crippen molar-refractivity contribution in [3.05, 3.63) is 0 Å². The minimum atomic E-state index is -0.864. The molecular formula is C12H20N2O3. The largest absolute Gasteiger partial charge is 0.480 e. The summed E-state index contributed by atoms with van der Waals surface area (Å²) in [6, 6.07) is -0.621. The molecule has 2 rings (SSSR count). The Kier molecular flexibility index (Phi) is 3.38. The average molecular weight is 240 g/mol. The van der Waals surface area contributed by atoms with E-state index in [1.165, 1.54) is 0 Å². The Labute approximate surface area is 101 Å². The molecule has 1 aliphatic heterocycles. The smallest absolute Gasteiger partial charge is 0.326 e. The number of fused-ring (bicyclic) bond motifs is 1. The van der Waals surface area contributed by atoms with Crippen molar-refractivity contribution in [3.8, 4) is 0 Å². The molecule has 96 valence electrons. The molecule has 3 N–H and O–H groups in total. The van der Waals surface area contributed by atoms with Crippen molar-refractivity contribution in [2.75, 3.05) is 13.1 Å². The van der Waals surface area contributed by atoms with Gasteiger partial charge in [-0.1, -0.05) is 13.3 Å². The summed E-state index contributed by atoms with van der Waals surface area (Å²) in [5, 5.41) is 9.31. The van der Waals surface area contributed by atoms with Crippen molar-refractivity contribution in [1.82, 2.24) is 4.90 Å². The van der Waals surface area contributed by atoms with E-state index in [1.807, 2.05) is 0 Å². The molecule has 1 aliphatic carbocycles. The number of carboxylic acids is 1. The number of carbonyl (C=O) groups is 2. The molecule has 1 saturated carbocycles. The molecule has 0 spiro atoms. The molecule has 1 heterocycles. The van der Waals surface area contributed by atoms with E-state index in [9.17, 15) is 14.7 Å². The van der Waals surface area contributed by atoms with Gasteiger partial charge in [-0.25, -0.2) is 4.79 Å². The van der Waals surface area contributed by atoms with E-state index in [0.29, 0.717) is 12.5 Å². The van der Waals surface area contributed by atoms with Crippen LogP contribution in [-0.4, -0.2) is 41.0 Å². The second-order valence-electron chi connectivity index (χ2n) is 5.27. The van der Waals surface area contributed by atoms with Crippen molar-refractivity contribution in [3.63, 3.8) is 0 Å². The summed E-state index contributed by atoms with van der Waals surface area (Å²) in [6.45, 7) is 2.64. The highest BCUT2D eigenvalue weighted by molar-refractivity contribution is 5.86. The third-order valence-corrected chi connectivity index (χ3v) is 4.20. The number of rotatable bonds is 3. The maximum atomic E-state index is 12.1. The molecule has 5 nitrogen and oxygen atoms in total. The standard InChI is InChI=1S/C12H20N2O3/c1-7(5-13)11(15)14-6-8-3-2-4-9(8)10(14)12(16)17/h7-10H,2-6,13H2,1H3,(H,16,17). The Morgan fingerprint density at radius 3 is 2.76 bits per heavy atom. The lowest BCUT2D eigenvalue weighted by atomic mass is 9.94. The van der Waals surface area contributed by atoms with Crippen LogP contribution in [0.25, 0.3) is 0 Å². The van der Waals surface area contributed by atoms with Gasteiger partial charge in [-0.05, 0) is 24.7 Å². The molecule has 17 heavy (non-hydrogen) atoms.